The minimum absolute atomic E-state index is 0.149. The van der Waals surface area contributed by atoms with Gasteiger partial charge in [-0.15, -0.1) is 0 Å². The summed E-state index contributed by atoms with van der Waals surface area (Å²) in [5.74, 6) is 0.769. The smallest absolute Gasteiger partial charge is 0.217 e. The number of benzene rings is 1. The highest BCUT2D eigenvalue weighted by Crippen LogP contribution is 2.17. The van der Waals surface area contributed by atoms with Gasteiger partial charge in [0.1, 0.15) is 17.2 Å². The third kappa shape index (κ3) is 4.99. The van der Waals surface area contributed by atoms with Gasteiger partial charge in [-0.25, -0.2) is 13.1 Å². The summed E-state index contributed by atoms with van der Waals surface area (Å²) in [4.78, 5) is 0. The van der Waals surface area contributed by atoms with E-state index < -0.39 is 10.0 Å². The summed E-state index contributed by atoms with van der Waals surface area (Å²) in [5, 5.41) is 3.70. The van der Waals surface area contributed by atoms with Crippen LogP contribution in [-0.2, 0) is 15.8 Å². The molecule has 114 valence electrons. The first-order chi connectivity index (χ1) is 9.96. The largest absolute Gasteiger partial charge is 0.361 e. The molecule has 1 heterocycles. The summed E-state index contributed by atoms with van der Waals surface area (Å²) < 4.78 is 31.3. The zero-order valence-corrected chi connectivity index (χ0v) is 13.1. The van der Waals surface area contributed by atoms with E-state index in [1.807, 2.05) is 18.2 Å². The predicted octanol–water partition coefficient (Wildman–Crippen LogP) is 2.60. The molecule has 1 aromatic carbocycles. The van der Waals surface area contributed by atoms with E-state index in [1.54, 1.807) is 13.0 Å². The van der Waals surface area contributed by atoms with E-state index >= 15 is 0 Å². The molecule has 2 rings (SSSR count). The van der Waals surface area contributed by atoms with Crippen LogP contribution in [0.15, 0.2) is 40.9 Å². The standard InChI is InChI=1S/C15H20N2O3S/c1-12(14-6-4-3-5-7-14)8-9-16-21(18,19)11-15-10-13(2)20-17-15/h3-7,10,12,16H,8-9,11H2,1-2H3/t12-/m1/s1. The molecule has 0 amide bonds. The summed E-state index contributed by atoms with van der Waals surface area (Å²) in [6.45, 7) is 4.23. The number of sulfonamides is 1. The molecule has 5 nitrogen and oxygen atoms in total. The third-order valence-electron chi connectivity index (χ3n) is 3.28. The molecule has 0 aliphatic rings. The van der Waals surface area contributed by atoms with Crippen molar-refractivity contribution >= 4 is 10.0 Å². The van der Waals surface area contributed by atoms with Crippen LogP contribution in [0.25, 0.3) is 0 Å². The molecule has 0 spiro atoms. The molecule has 0 bridgehead atoms. The quantitative estimate of drug-likeness (QED) is 0.853. The number of hydrogen-bond acceptors (Lipinski definition) is 4. The zero-order chi connectivity index (χ0) is 15.3. The average molecular weight is 308 g/mol. The Hall–Kier alpha value is -1.66. The van der Waals surface area contributed by atoms with Gasteiger partial charge in [0.15, 0.2) is 0 Å². The van der Waals surface area contributed by atoms with Crippen LogP contribution >= 0.6 is 0 Å². The molecule has 0 saturated heterocycles. The van der Waals surface area contributed by atoms with Crippen molar-refractivity contribution < 1.29 is 12.9 Å². The van der Waals surface area contributed by atoms with E-state index in [4.69, 9.17) is 4.52 Å². The number of aromatic nitrogens is 1. The van der Waals surface area contributed by atoms with Gasteiger partial charge in [0.2, 0.25) is 10.0 Å². The monoisotopic (exact) mass is 308 g/mol. The molecule has 2 aromatic rings. The van der Waals surface area contributed by atoms with Crippen LogP contribution in [0.2, 0.25) is 0 Å². The second-order valence-corrected chi connectivity index (χ2v) is 6.99. The lowest BCUT2D eigenvalue weighted by Crippen LogP contribution is -2.27. The maximum atomic E-state index is 11.9. The summed E-state index contributed by atoms with van der Waals surface area (Å²) >= 11 is 0. The lowest BCUT2D eigenvalue weighted by Gasteiger charge is -2.12. The van der Waals surface area contributed by atoms with Crippen molar-refractivity contribution in [1.82, 2.24) is 9.88 Å². The van der Waals surface area contributed by atoms with Crippen LogP contribution in [-0.4, -0.2) is 20.1 Å². The topological polar surface area (TPSA) is 72.2 Å². The number of nitrogens with one attached hydrogen (secondary N) is 1. The normalized spacial score (nSPS) is 13.2. The molecule has 21 heavy (non-hydrogen) atoms. The maximum absolute atomic E-state index is 11.9. The molecule has 0 radical (unpaired) electrons. The molecule has 0 fully saturated rings. The van der Waals surface area contributed by atoms with E-state index in [0.717, 1.165) is 6.42 Å². The highest BCUT2D eigenvalue weighted by molar-refractivity contribution is 7.88. The van der Waals surface area contributed by atoms with Crippen LogP contribution < -0.4 is 4.72 Å². The Balaban J connectivity index is 1.82. The van der Waals surface area contributed by atoms with Crippen LogP contribution in [0.3, 0.4) is 0 Å². The average Bonchev–Trinajstić information content (AvgIpc) is 2.84. The Kier molecular flexibility index (Phi) is 5.14. The Bertz CT molecular complexity index is 665. The van der Waals surface area contributed by atoms with Gasteiger partial charge in [-0.3, -0.25) is 0 Å². The van der Waals surface area contributed by atoms with E-state index in [0.29, 0.717) is 23.9 Å². The molecular weight excluding hydrogens is 288 g/mol. The summed E-state index contributed by atoms with van der Waals surface area (Å²) in [5.41, 5.74) is 1.64. The van der Waals surface area contributed by atoms with Crippen LogP contribution in [0, 0.1) is 6.92 Å². The molecule has 0 saturated carbocycles. The second-order valence-electron chi connectivity index (χ2n) is 5.18. The minimum Gasteiger partial charge on any atom is -0.361 e. The SMILES string of the molecule is Cc1cc(CS(=O)(=O)NCC[C@@H](C)c2ccccc2)no1. The fraction of sp³-hybridized carbons (Fsp3) is 0.400. The molecule has 0 aliphatic heterocycles. The van der Waals surface area contributed by atoms with Crippen molar-refractivity contribution in [2.24, 2.45) is 0 Å². The Morgan fingerprint density at radius 3 is 2.62 bits per heavy atom. The van der Waals surface area contributed by atoms with Crippen LogP contribution in [0.5, 0.6) is 0 Å². The van der Waals surface area contributed by atoms with Gasteiger partial charge >= 0.3 is 0 Å². The fourth-order valence-electron chi connectivity index (χ4n) is 2.11. The highest BCUT2D eigenvalue weighted by atomic mass is 32.2. The van der Waals surface area contributed by atoms with Gasteiger partial charge in [-0.05, 0) is 24.8 Å². The first-order valence-electron chi connectivity index (χ1n) is 6.91. The van der Waals surface area contributed by atoms with Crippen LogP contribution in [0.4, 0.5) is 0 Å². The number of aryl methyl sites for hydroxylation is 1. The number of nitrogens with zero attached hydrogens (tertiary/aromatic N) is 1. The first-order valence-corrected chi connectivity index (χ1v) is 8.56. The van der Waals surface area contributed by atoms with Gasteiger partial charge in [0, 0.05) is 12.6 Å². The summed E-state index contributed by atoms with van der Waals surface area (Å²) in [7, 11) is -3.37. The lowest BCUT2D eigenvalue weighted by molar-refractivity contribution is 0.392. The van der Waals surface area contributed by atoms with Crippen molar-refractivity contribution in [2.45, 2.75) is 31.9 Å². The van der Waals surface area contributed by atoms with E-state index in [9.17, 15) is 8.42 Å². The van der Waals surface area contributed by atoms with Crippen molar-refractivity contribution in [3.63, 3.8) is 0 Å². The van der Waals surface area contributed by atoms with Gasteiger partial charge in [-0.1, -0.05) is 42.4 Å². The first kappa shape index (κ1) is 15.7. The maximum Gasteiger partial charge on any atom is 0.217 e. The molecule has 6 heteroatoms. The van der Waals surface area contributed by atoms with Gasteiger partial charge in [0.25, 0.3) is 0 Å². The van der Waals surface area contributed by atoms with Crippen molar-refractivity contribution in [3.8, 4) is 0 Å². The van der Waals surface area contributed by atoms with Gasteiger partial charge in [-0.2, -0.15) is 0 Å². The fourth-order valence-corrected chi connectivity index (χ4v) is 3.17. The lowest BCUT2D eigenvalue weighted by atomic mass is 9.98. The highest BCUT2D eigenvalue weighted by Gasteiger charge is 2.15. The molecule has 1 atom stereocenters. The Labute approximate surface area is 125 Å². The molecule has 0 aliphatic carbocycles. The Morgan fingerprint density at radius 1 is 1.29 bits per heavy atom. The molecule has 0 unspecified atom stereocenters. The Morgan fingerprint density at radius 2 is 2.00 bits per heavy atom. The summed E-state index contributed by atoms with van der Waals surface area (Å²) in [6.07, 6.45) is 0.751. The third-order valence-corrected chi connectivity index (χ3v) is 4.60. The predicted molar refractivity (Wildman–Crippen MR) is 81.3 cm³/mol. The molecular formula is C15H20N2O3S. The van der Waals surface area contributed by atoms with Crippen molar-refractivity contribution in [3.05, 3.63) is 53.4 Å². The van der Waals surface area contributed by atoms with Crippen molar-refractivity contribution in [2.75, 3.05) is 6.54 Å². The zero-order valence-electron chi connectivity index (χ0n) is 12.2. The van der Waals surface area contributed by atoms with E-state index in [2.05, 4.69) is 28.9 Å². The number of hydrogen-bond donors (Lipinski definition) is 1. The summed E-state index contributed by atoms with van der Waals surface area (Å²) in [6, 6.07) is 11.7. The molecule has 1 N–H and O–H groups in total. The minimum atomic E-state index is -3.37. The van der Waals surface area contributed by atoms with Gasteiger partial charge < -0.3 is 4.52 Å². The number of rotatable bonds is 7. The second kappa shape index (κ2) is 6.87. The van der Waals surface area contributed by atoms with Crippen molar-refractivity contribution in [1.29, 1.82) is 0 Å². The van der Waals surface area contributed by atoms with Gasteiger partial charge in [0.05, 0.1) is 0 Å². The van der Waals surface area contributed by atoms with E-state index in [1.165, 1.54) is 5.56 Å². The molecule has 1 aromatic heterocycles. The van der Waals surface area contributed by atoms with Crippen LogP contribution in [0.1, 0.15) is 36.3 Å². The van der Waals surface area contributed by atoms with E-state index in [-0.39, 0.29) is 5.75 Å².